The smallest absolute Gasteiger partial charge is 0.234 e. The Morgan fingerprint density at radius 1 is 1.00 bits per heavy atom. The third kappa shape index (κ3) is 4.44. The number of para-hydroxylation sites is 2. The number of rotatable bonds is 5. The van der Waals surface area contributed by atoms with E-state index in [1.54, 1.807) is 0 Å². The minimum absolute atomic E-state index is 0.0370. The Bertz CT molecular complexity index is 968. The van der Waals surface area contributed by atoms with Crippen LogP contribution in [0.3, 0.4) is 0 Å². The molecule has 0 saturated carbocycles. The van der Waals surface area contributed by atoms with Crippen LogP contribution in [0.15, 0.2) is 53.6 Å². The number of nitrogens with zero attached hydrogens (tertiary/aromatic N) is 3. The molecule has 1 N–H and O–H groups in total. The van der Waals surface area contributed by atoms with Gasteiger partial charge in [-0.3, -0.25) is 4.79 Å². The van der Waals surface area contributed by atoms with Crippen molar-refractivity contribution in [2.75, 3.05) is 29.1 Å². The maximum Gasteiger partial charge on any atom is 0.234 e. The number of thioether (sulfide) groups is 1. The van der Waals surface area contributed by atoms with Gasteiger partial charge in [-0.1, -0.05) is 23.9 Å². The van der Waals surface area contributed by atoms with E-state index in [0.717, 1.165) is 40.5 Å². The van der Waals surface area contributed by atoms with E-state index in [0.29, 0.717) is 5.75 Å². The first-order valence-corrected chi connectivity index (χ1v) is 10.7. The molecule has 3 aromatic rings. The molecule has 1 aliphatic rings. The predicted molar refractivity (Wildman–Crippen MR) is 116 cm³/mol. The number of aromatic nitrogens is 2. The number of carbonyl (C=O) groups excluding carboxylic acids is 1. The van der Waals surface area contributed by atoms with E-state index in [4.69, 9.17) is 0 Å². The van der Waals surface area contributed by atoms with Gasteiger partial charge in [0.2, 0.25) is 5.91 Å². The summed E-state index contributed by atoms with van der Waals surface area (Å²) >= 11 is 1.42. The second-order valence-corrected chi connectivity index (χ2v) is 8.00. The van der Waals surface area contributed by atoms with Crippen molar-refractivity contribution in [1.82, 2.24) is 9.97 Å². The SMILES string of the molecule is Cc1nc2ccccc2nc1SCC(=O)Nc1ccc(N2CCCCC2)cc1. The van der Waals surface area contributed by atoms with Gasteiger partial charge < -0.3 is 10.2 Å². The van der Waals surface area contributed by atoms with Crippen molar-refractivity contribution in [3.05, 3.63) is 54.2 Å². The Balaban J connectivity index is 1.35. The molecule has 5 nitrogen and oxygen atoms in total. The zero-order chi connectivity index (χ0) is 19.3. The standard InChI is InChI=1S/C22H24N4OS/c1-16-22(25-20-8-4-3-7-19(20)23-16)28-15-21(27)24-17-9-11-18(12-10-17)26-13-5-2-6-14-26/h3-4,7-12H,2,5-6,13-15H2,1H3,(H,24,27). The number of carbonyl (C=O) groups is 1. The molecule has 0 spiro atoms. The lowest BCUT2D eigenvalue weighted by molar-refractivity contribution is -0.113. The van der Waals surface area contributed by atoms with E-state index < -0.39 is 0 Å². The van der Waals surface area contributed by atoms with Crippen LogP contribution >= 0.6 is 11.8 Å². The second-order valence-electron chi connectivity index (χ2n) is 7.03. The lowest BCUT2D eigenvalue weighted by Gasteiger charge is -2.28. The molecule has 1 saturated heterocycles. The number of aryl methyl sites for hydroxylation is 1. The van der Waals surface area contributed by atoms with Gasteiger partial charge in [0.05, 0.1) is 22.5 Å². The Kier molecular flexibility index (Phi) is 5.76. The minimum atomic E-state index is -0.0370. The summed E-state index contributed by atoms with van der Waals surface area (Å²) in [4.78, 5) is 24.0. The van der Waals surface area contributed by atoms with E-state index in [-0.39, 0.29) is 5.91 Å². The molecule has 0 aliphatic carbocycles. The van der Waals surface area contributed by atoms with Crippen LogP contribution in [0, 0.1) is 6.92 Å². The van der Waals surface area contributed by atoms with E-state index in [1.807, 2.05) is 43.3 Å². The maximum atomic E-state index is 12.4. The monoisotopic (exact) mass is 392 g/mol. The topological polar surface area (TPSA) is 58.1 Å². The van der Waals surface area contributed by atoms with Crippen molar-refractivity contribution in [2.45, 2.75) is 31.2 Å². The number of piperidine rings is 1. The minimum Gasteiger partial charge on any atom is -0.372 e. The molecule has 1 fully saturated rings. The lowest BCUT2D eigenvalue weighted by Crippen LogP contribution is -2.29. The molecule has 1 aliphatic heterocycles. The highest BCUT2D eigenvalue weighted by Gasteiger charge is 2.12. The largest absolute Gasteiger partial charge is 0.372 e. The normalized spacial score (nSPS) is 14.2. The van der Waals surface area contributed by atoms with Crippen LogP contribution in [0.2, 0.25) is 0 Å². The second kappa shape index (κ2) is 8.61. The molecule has 1 amide bonds. The van der Waals surface area contributed by atoms with Crippen LogP contribution in [0.5, 0.6) is 0 Å². The molecule has 4 rings (SSSR count). The Morgan fingerprint density at radius 3 is 2.39 bits per heavy atom. The Labute approximate surface area is 169 Å². The highest BCUT2D eigenvalue weighted by atomic mass is 32.2. The van der Waals surface area contributed by atoms with Crippen molar-refractivity contribution in [1.29, 1.82) is 0 Å². The van der Waals surface area contributed by atoms with Crippen molar-refractivity contribution >= 4 is 40.1 Å². The van der Waals surface area contributed by atoms with Crippen molar-refractivity contribution in [3.8, 4) is 0 Å². The average molecular weight is 393 g/mol. The highest BCUT2D eigenvalue weighted by molar-refractivity contribution is 8.00. The molecule has 1 aromatic heterocycles. The summed E-state index contributed by atoms with van der Waals surface area (Å²) in [5, 5.41) is 3.77. The zero-order valence-electron chi connectivity index (χ0n) is 16.0. The Morgan fingerprint density at radius 2 is 1.68 bits per heavy atom. The summed E-state index contributed by atoms with van der Waals surface area (Å²) in [6.07, 6.45) is 3.84. The Hall–Kier alpha value is -2.60. The molecule has 0 atom stereocenters. The van der Waals surface area contributed by atoms with Crippen LogP contribution in [0.4, 0.5) is 11.4 Å². The molecule has 0 bridgehead atoms. The van der Waals surface area contributed by atoms with Gasteiger partial charge in [0.25, 0.3) is 0 Å². The van der Waals surface area contributed by atoms with Crippen molar-refractivity contribution in [2.24, 2.45) is 0 Å². The summed E-state index contributed by atoms with van der Waals surface area (Å²) in [6.45, 7) is 4.17. The molecule has 6 heteroatoms. The zero-order valence-corrected chi connectivity index (χ0v) is 16.8. The van der Waals surface area contributed by atoms with Gasteiger partial charge in [0, 0.05) is 24.5 Å². The summed E-state index contributed by atoms with van der Waals surface area (Å²) < 4.78 is 0. The van der Waals surface area contributed by atoms with E-state index in [2.05, 4.69) is 32.3 Å². The van der Waals surface area contributed by atoms with Crippen molar-refractivity contribution in [3.63, 3.8) is 0 Å². The molecule has 144 valence electrons. The van der Waals surface area contributed by atoms with Crippen LogP contribution in [0.25, 0.3) is 11.0 Å². The molecule has 2 aromatic carbocycles. The molecule has 2 heterocycles. The fourth-order valence-electron chi connectivity index (χ4n) is 3.45. The van der Waals surface area contributed by atoms with Crippen molar-refractivity contribution < 1.29 is 4.79 Å². The van der Waals surface area contributed by atoms with Crippen LogP contribution in [-0.4, -0.2) is 34.7 Å². The molecule has 0 radical (unpaired) electrons. The van der Waals surface area contributed by atoms with Gasteiger partial charge in [-0.25, -0.2) is 9.97 Å². The van der Waals surface area contributed by atoms with Gasteiger partial charge in [0.1, 0.15) is 5.03 Å². The third-order valence-electron chi connectivity index (χ3n) is 4.91. The summed E-state index contributed by atoms with van der Waals surface area (Å²) in [7, 11) is 0. The summed E-state index contributed by atoms with van der Waals surface area (Å²) in [5.41, 5.74) is 4.64. The average Bonchev–Trinajstić information content (AvgIpc) is 2.73. The molecule has 0 unspecified atom stereocenters. The first-order valence-electron chi connectivity index (χ1n) is 9.70. The fourth-order valence-corrected chi connectivity index (χ4v) is 4.20. The predicted octanol–water partition coefficient (Wildman–Crippen LogP) is 4.66. The number of benzene rings is 2. The molecule has 28 heavy (non-hydrogen) atoms. The van der Waals surface area contributed by atoms with Gasteiger partial charge in [-0.05, 0) is 62.6 Å². The van der Waals surface area contributed by atoms with Gasteiger partial charge in [0.15, 0.2) is 0 Å². The fraction of sp³-hybridized carbons (Fsp3) is 0.318. The van der Waals surface area contributed by atoms with E-state index >= 15 is 0 Å². The summed E-state index contributed by atoms with van der Waals surface area (Å²) in [6, 6.07) is 15.9. The first-order chi connectivity index (χ1) is 13.7. The molecular formula is C22H24N4OS. The number of hydrogen-bond donors (Lipinski definition) is 1. The van der Waals surface area contributed by atoms with E-state index in [1.165, 1.54) is 36.7 Å². The van der Waals surface area contributed by atoms with Gasteiger partial charge in [-0.15, -0.1) is 0 Å². The third-order valence-corrected chi connectivity index (χ3v) is 5.98. The quantitative estimate of drug-likeness (QED) is 0.640. The van der Waals surface area contributed by atoms with Crippen LogP contribution in [-0.2, 0) is 4.79 Å². The highest BCUT2D eigenvalue weighted by Crippen LogP contribution is 2.24. The van der Waals surface area contributed by atoms with E-state index in [9.17, 15) is 4.79 Å². The summed E-state index contributed by atoms with van der Waals surface area (Å²) in [5.74, 6) is 0.270. The number of fused-ring (bicyclic) bond motifs is 1. The lowest BCUT2D eigenvalue weighted by atomic mass is 10.1. The van der Waals surface area contributed by atoms with Crippen LogP contribution < -0.4 is 10.2 Å². The first kappa shape index (κ1) is 18.7. The number of nitrogens with one attached hydrogen (secondary N) is 1. The number of anilines is 2. The number of hydrogen-bond acceptors (Lipinski definition) is 5. The number of amides is 1. The molecular weight excluding hydrogens is 368 g/mol. The van der Waals surface area contributed by atoms with Gasteiger partial charge in [-0.2, -0.15) is 0 Å². The maximum absolute atomic E-state index is 12.4. The van der Waals surface area contributed by atoms with Crippen LogP contribution in [0.1, 0.15) is 25.0 Å². The van der Waals surface area contributed by atoms with Gasteiger partial charge >= 0.3 is 0 Å².